The molecule has 0 aliphatic heterocycles. The lowest BCUT2D eigenvalue weighted by Gasteiger charge is -2.10. The number of carboxylic acids is 2. The van der Waals surface area contributed by atoms with Crippen LogP contribution >= 0.6 is 25.3 Å². The summed E-state index contributed by atoms with van der Waals surface area (Å²) in [4.78, 5) is 19.9. The third kappa shape index (κ3) is 23.9. The van der Waals surface area contributed by atoms with Crippen molar-refractivity contribution in [3.05, 3.63) is 0 Å². The lowest BCUT2D eigenvalue weighted by atomic mass is 10.2. The molecular weight excluding hydrogens is 344 g/mol. The largest absolute Gasteiger partial charge is 0.480 e. The lowest BCUT2D eigenvalue weighted by molar-refractivity contribution is -0.139. The van der Waals surface area contributed by atoms with Crippen molar-refractivity contribution in [3.8, 4) is 0 Å². The number of hydrogen-bond acceptors (Lipinski definition) is 7. The molecule has 23 heavy (non-hydrogen) atoms. The van der Waals surface area contributed by atoms with E-state index in [0.29, 0.717) is 6.61 Å². The predicted molar refractivity (Wildman–Crippen MR) is 95.6 cm³/mol. The van der Waals surface area contributed by atoms with Gasteiger partial charge in [-0.1, -0.05) is 0 Å². The van der Waals surface area contributed by atoms with Crippen molar-refractivity contribution >= 4 is 37.2 Å². The molecule has 0 heterocycles. The van der Waals surface area contributed by atoms with Crippen LogP contribution in [-0.2, 0) is 14.3 Å². The van der Waals surface area contributed by atoms with Crippen molar-refractivity contribution in [1.82, 2.24) is 0 Å². The monoisotopic (exact) mass is 374 g/mol. The van der Waals surface area contributed by atoms with Crippen molar-refractivity contribution in [2.45, 2.75) is 63.2 Å². The molecule has 0 saturated carbocycles. The fourth-order valence-corrected chi connectivity index (χ4v) is 0.356. The van der Waals surface area contributed by atoms with Gasteiger partial charge in [0.05, 0.1) is 25.4 Å². The summed E-state index contributed by atoms with van der Waals surface area (Å²) in [7, 11) is 0. The van der Waals surface area contributed by atoms with Crippen LogP contribution in [0.25, 0.3) is 0 Å². The Morgan fingerprint density at radius 1 is 1.00 bits per heavy atom. The van der Waals surface area contributed by atoms with E-state index < -0.39 is 27.5 Å². The highest BCUT2D eigenvalue weighted by molar-refractivity contribution is 7.82. The highest BCUT2D eigenvalue weighted by Gasteiger charge is 2.20. The van der Waals surface area contributed by atoms with Crippen molar-refractivity contribution in [2.24, 2.45) is 0 Å². The Morgan fingerprint density at radius 3 is 1.39 bits per heavy atom. The maximum absolute atomic E-state index is 9.94. The van der Waals surface area contributed by atoms with E-state index in [1.165, 1.54) is 27.7 Å². The smallest absolute Gasteiger partial charge is 0.318 e. The minimum Gasteiger partial charge on any atom is -0.480 e. The molecule has 0 rings (SSSR count). The molecule has 0 aliphatic carbocycles. The van der Waals surface area contributed by atoms with Crippen molar-refractivity contribution in [1.29, 1.82) is 0 Å². The highest BCUT2D eigenvalue weighted by atomic mass is 32.1. The summed E-state index contributed by atoms with van der Waals surface area (Å²) < 4.78 is 3.17. The summed E-state index contributed by atoms with van der Waals surface area (Å²) in [5.41, 5.74) is 0. The van der Waals surface area contributed by atoms with Crippen LogP contribution in [0.1, 0.15) is 41.5 Å². The van der Waals surface area contributed by atoms with Gasteiger partial charge in [-0.2, -0.15) is 25.3 Å². The third-order valence-electron chi connectivity index (χ3n) is 1.93. The number of ether oxygens (including phenoxy) is 1. The molecule has 0 aromatic carbocycles. The fourth-order valence-electron chi connectivity index (χ4n) is 0.356. The van der Waals surface area contributed by atoms with Gasteiger partial charge >= 0.3 is 11.9 Å². The molecule has 0 saturated heterocycles. The summed E-state index contributed by atoms with van der Waals surface area (Å²) in [5.74, 6) is -1.79. The molecule has 0 fully saturated rings. The Balaban J connectivity index is -0.000000264. The number of aliphatic hydroxyl groups is 2. The van der Waals surface area contributed by atoms with Crippen LogP contribution in [0.5, 0.6) is 0 Å². The number of carboxylic acid groups (broad SMARTS) is 2. The molecule has 9 heteroatoms. The number of rotatable bonds is 6. The number of carbonyl (C=O) groups is 2. The number of aliphatic hydroxyl groups excluding tert-OH is 2. The molecule has 140 valence electrons. The minimum absolute atomic E-state index is 0.00667. The Bertz CT molecular complexity index is 309. The summed E-state index contributed by atoms with van der Waals surface area (Å²) in [6, 6.07) is 0. The van der Waals surface area contributed by atoms with Gasteiger partial charge in [0.2, 0.25) is 0 Å². The molecular formula is C14H30O7S2. The van der Waals surface area contributed by atoms with Crippen LogP contribution in [0.3, 0.4) is 0 Å². The van der Waals surface area contributed by atoms with Crippen molar-refractivity contribution < 1.29 is 34.8 Å². The normalized spacial score (nSPS) is 13.7. The minimum atomic E-state index is -0.893. The zero-order chi connectivity index (χ0) is 19.4. The Hall–Kier alpha value is -0.480. The van der Waals surface area contributed by atoms with E-state index in [1.54, 1.807) is 13.8 Å². The molecule has 2 atom stereocenters. The van der Waals surface area contributed by atoms with E-state index >= 15 is 0 Å². The molecule has 0 aliphatic rings. The topological polar surface area (TPSA) is 124 Å². The molecule has 0 radical (unpaired) electrons. The van der Waals surface area contributed by atoms with Crippen LogP contribution in [0, 0.1) is 0 Å². The number of hydrogen-bond donors (Lipinski definition) is 6. The van der Waals surface area contributed by atoms with Gasteiger partial charge in [-0.05, 0) is 41.5 Å². The maximum atomic E-state index is 9.94. The van der Waals surface area contributed by atoms with Crippen LogP contribution < -0.4 is 0 Å². The van der Waals surface area contributed by atoms with Gasteiger partial charge in [0.1, 0.15) is 9.49 Å². The molecule has 0 bridgehead atoms. The van der Waals surface area contributed by atoms with E-state index in [-0.39, 0.29) is 12.7 Å². The first-order chi connectivity index (χ1) is 10.1. The zero-order valence-corrected chi connectivity index (χ0v) is 16.3. The van der Waals surface area contributed by atoms with Gasteiger partial charge in [0, 0.05) is 0 Å². The van der Waals surface area contributed by atoms with E-state index in [2.05, 4.69) is 25.3 Å². The van der Waals surface area contributed by atoms with E-state index in [1.807, 2.05) is 0 Å². The summed E-state index contributed by atoms with van der Waals surface area (Å²) in [6.45, 7) is 9.80. The first-order valence-electron chi connectivity index (χ1n) is 6.87. The highest BCUT2D eigenvalue weighted by Crippen LogP contribution is 2.10. The van der Waals surface area contributed by atoms with E-state index in [4.69, 9.17) is 25.2 Å². The average molecular weight is 375 g/mol. The maximum Gasteiger partial charge on any atom is 0.318 e. The SMILES string of the molecule is CC(C)(S)C(=O)O.CC(C)(S)C(=O)O.CC(O)COC(C)CO. The Morgan fingerprint density at radius 2 is 1.26 bits per heavy atom. The standard InChI is InChI=1S/C6H14O3.2C4H8O2S/c1-5(8)4-9-6(2)3-7;2*1-4(2,7)3(5)6/h5-8H,3-4H2,1-2H3;2*7H,1-2H3,(H,5,6). The number of aliphatic carboxylic acids is 2. The molecule has 0 aromatic heterocycles. The molecule has 0 amide bonds. The van der Waals surface area contributed by atoms with Crippen LogP contribution in [0.4, 0.5) is 0 Å². The van der Waals surface area contributed by atoms with Crippen molar-refractivity contribution in [3.63, 3.8) is 0 Å². The predicted octanol–water partition coefficient (Wildman–Crippen LogP) is 1.32. The van der Waals surface area contributed by atoms with E-state index in [0.717, 1.165) is 0 Å². The Labute approximate surface area is 148 Å². The summed E-state index contributed by atoms with van der Waals surface area (Å²) >= 11 is 7.50. The van der Waals surface area contributed by atoms with Gasteiger partial charge in [-0.15, -0.1) is 0 Å². The third-order valence-corrected chi connectivity index (χ3v) is 2.31. The van der Waals surface area contributed by atoms with Gasteiger partial charge < -0.3 is 25.2 Å². The van der Waals surface area contributed by atoms with Crippen LogP contribution in [0.2, 0.25) is 0 Å². The second-order valence-corrected chi connectivity index (χ2v) is 8.14. The van der Waals surface area contributed by atoms with Crippen molar-refractivity contribution in [2.75, 3.05) is 13.2 Å². The molecule has 4 N–H and O–H groups in total. The number of thiol groups is 2. The van der Waals surface area contributed by atoms with Gasteiger partial charge in [-0.25, -0.2) is 0 Å². The molecule has 7 nitrogen and oxygen atoms in total. The van der Waals surface area contributed by atoms with Gasteiger partial charge in [0.25, 0.3) is 0 Å². The zero-order valence-electron chi connectivity index (χ0n) is 14.5. The molecule has 0 aromatic rings. The summed E-state index contributed by atoms with van der Waals surface area (Å²) in [6.07, 6.45) is -0.612. The van der Waals surface area contributed by atoms with Crippen LogP contribution in [-0.4, -0.2) is 67.3 Å². The van der Waals surface area contributed by atoms with Gasteiger partial charge in [-0.3, -0.25) is 9.59 Å². The first kappa shape index (κ1) is 27.4. The van der Waals surface area contributed by atoms with Crippen LogP contribution in [0.15, 0.2) is 0 Å². The first-order valence-corrected chi connectivity index (χ1v) is 7.77. The molecule has 0 spiro atoms. The summed E-state index contributed by atoms with van der Waals surface area (Å²) in [5, 5.41) is 33.5. The lowest BCUT2D eigenvalue weighted by Crippen LogP contribution is -2.23. The second kappa shape index (κ2) is 12.9. The molecule has 2 unspecified atom stereocenters. The van der Waals surface area contributed by atoms with Gasteiger partial charge in [0.15, 0.2) is 0 Å². The fraction of sp³-hybridized carbons (Fsp3) is 0.857. The average Bonchev–Trinajstić information content (AvgIpc) is 2.34. The quantitative estimate of drug-likeness (QED) is 0.387. The van der Waals surface area contributed by atoms with E-state index in [9.17, 15) is 9.59 Å². The Kier molecular flexibility index (Phi) is 15.3. The second-order valence-electron chi connectivity index (χ2n) is 5.90.